The van der Waals surface area contributed by atoms with E-state index in [-0.39, 0.29) is 0 Å². The number of fused-ring (bicyclic) bond motifs is 3. The lowest BCUT2D eigenvalue weighted by Crippen LogP contribution is -2.53. The lowest BCUT2D eigenvalue weighted by molar-refractivity contribution is 0.0974. The van der Waals surface area contributed by atoms with Gasteiger partial charge in [0.15, 0.2) is 11.0 Å². The van der Waals surface area contributed by atoms with Gasteiger partial charge in [0.2, 0.25) is 0 Å². The maximum Gasteiger partial charge on any atom is 0.171 e. The van der Waals surface area contributed by atoms with Gasteiger partial charge in [0, 0.05) is 25.0 Å². The fourth-order valence-corrected chi connectivity index (χ4v) is 2.88. The Hall–Kier alpha value is -0.870. The highest BCUT2D eigenvalue weighted by molar-refractivity contribution is 6.31. The number of hydrogen-bond acceptors (Lipinski definition) is 4. The predicted octanol–water partition coefficient (Wildman–Crippen LogP) is 1.64. The Morgan fingerprint density at radius 1 is 1.25 bits per heavy atom. The number of halogens is 1. The maximum absolute atomic E-state index is 6.00. The van der Waals surface area contributed by atoms with Crippen LogP contribution in [0.3, 0.4) is 0 Å². The molecule has 1 aromatic rings. The summed E-state index contributed by atoms with van der Waals surface area (Å²) in [5.41, 5.74) is 0. The van der Waals surface area contributed by atoms with Gasteiger partial charge in [-0.05, 0) is 31.8 Å². The fourth-order valence-electron chi connectivity index (χ4n) is 2.72. The van der Waals surface area contributed by atoms with E-state index in [4.69, 9.17) is 11.6 Å². The van der Waals surface area contributed by atoms with Gasteiger partial charge in [-0.25, -0.2) is 9.97 Å². The van der Waals surface area contributed by atoms with Gasteiger partial charge in [-0.15, -0.1) is 0 Å². The van der Waals surface area contributed by atoms with Crippen molar-refractivity contribution in [1.82, 2.24) is 14.9 Å². The second-order valence-corrected chi connectivity index (χ2v) is 4.94. The second kappa shape index (κ2) is 4.18. The van der Waals surface area contributed by atoms with Crippen molar-refractivity contribution in [2.75, 3.05) is 25.0 Å². The zero-order valence-electron chi connectivity index (χ0n) is 9.06. The van der Waals surface area contributed by atoms with E-state index in [0.29, 0.717) is 11.2 Å². The normalized spacial score (nSPS) is 32.7. The summed E-state index contributed by atoms with van der Waals surface area (Å²) in [6, 6.07) is 0.483. The second-order valence-electron chi connectivity index (χ2n) is 4.58. The third-order valence-corrected chi connectivity index (χ3v) is 3.91. The molecule has 3 saturated heterocycles. The molecule has 0 aliphatic carbocycles. The van der Waals surface area contributed by atoms with E-state index < -0.39 is 0 Å². The average molecular weight is 239 g/mol. The molecular formula is C11H15ClN4. The van der Waals surface area contributed by atoms with Crippen LogP contribution in [0.5, 0.6) is 0 Å². The molecule has 4 heterocycles. The summed E-state index contributed by atoms with van der Waals surface area (Å²) in [7, 11) is 0. The molecule has 0 spiro atoms. The molecule has 0 amide bonds. The van der Waals surface area contributed by atoms with Gasteiger partial charge >= 0.3 is 0 Å². The van der Waals surface area contributed by atoms with E-state index >= 15 is 0 Å². The average Bonchev–Trinajstić information content (AvgIpc) is 2.34. The molecule has 0 aromatic carbocycles. The first-order chi connectivity index (χ1) is 7.83. The number of nitrogens with zero attached hydrogens (tertiary/aromatic N) is 3. The van der Waals surface area contributed by atoms with Crippen molar-refractivity contribution >= 4 is 17.4 Å². The van der Waals surface area contributed by atoms with Crippen LogP contribution in [-0.2, 0) is 0 Å². The van der Waals surface area contributed by atoms with Crippen LogP contribution in [-0.4, -0.2) is 40.5 Å². The summed E-state index contributed by atoms with van der Waals surface area (Å²) in [5.74, 6) is 1.49. The van der Waals surface area contributed by atoms with E-state index in [1.165, 1.54) is 25.9 Å². The van der Waals surface area contributed by atoms with Crippen LogP contribution in [0.15, 0.2) is 12.4 Å². The van der Waals surface area contributed by atoms with E-state index in [1.54, 1.807) is 12.4 Å². The first kappa shape index (κ1) is 10.3. The Morgan fingerprint density at radius 2 is 2.00 bits per heavy atom. The first-order valence-electron chi connectivity index (χ1n) is 5.78. The van der Waals surface area contributed by atoms with Gasteiger partial charge in [-0.3, -0.25) is 0 Å². The zero-order valence-corrected chi connectivity index (χ0v) is 9.82. The molecule has 4 nitrogen and oxygen atoms in total. The molecule has 1 aromatic heterocycles. The van der Waals surface area contributed by atoms with Crippen molar-refractivity contribution in [2.45, 2.75) is 18.9 Å². The third kappa shape index (κ3) is 1.87. The van der Waals surface area contributed by atoms with Crippen LogP contribution in [0, 0.1) is 5.92 Å². The van der Waals surface area contributed by atoms with Crippen LogP contribution in [0.4, 0.5) is 5.82 Å². The summed E-state index contributed by atoms with van der Waals surface area (Å²) >= 11 is 6.00. The van der Waals surface area contributed by atoms with E-state index in [1.807, 2.05) is 0 Å². The molecule has 3 fully saturated rings. The van der Waals surface area contributed by atoms with Gasteiger partial charge in [0.25, 0.3) is 0 Å². The predicted molar refractivity (Wildman–Crippen MR) is 63.6 cm³/mol. The Balaban J connectivity index is 1.73. The maximum atomic E-state index is 6.00. The van der Waals surface area contributed by atoms with Crippen molar-refractivity contribution in [3.8, 4) is 0 Å². The smallest absolute Gasteiger partial charge is 0.171 e. The number of nitrogens with one attached hydrogen (secondary N) is 1. The quantitative estimate of drug-likeness (QED) is 0.851. The van der Waals surface area contributed by atoms with Crippen LogP contribution >= 0.6 is 11.6 Å². The van der Waals surface area contributed by atoms with Crippen LogP contribution in [0.1, 0.15) is 12.8 Å². The summed E-state index contributed by atoms with van der Waals surface area (Å²) < 4.78 is 0. The SMILES string of the molecule is Clc1nccnc1NC1CN2CCC1CC2. The molecule has 2 bridgehead atoms. The minimum Gasteiger partial charge on any atom is -0.363 e. The minimum absolute atomic E-state index is 0.471. The van der Waals surface area contributed by atoms with Gasteiger partial charge in [-0.1, -0.05) is 11.6 Å². The largest absolute Gasteiger partial charge is 0.363 e. The number of anilines is 1. The first-order valence-corrected chi connectivity index (χ1v) is 6.16. The molecule has 0 radical (unpaired) electrons. The number of aromatic nitrogens is 2. The molecule has 1 atom stereocenters. The molecule has 0 saturated carbocycles. The van der Waals surface area contributed by atoms with Crippen molar-refractivity contribution < 1.29 is 0 Å². The molecule has 3 aliphatic rings. The van der Waals surface area contributed by atoms with Crippen molar-refractivity contribution in [3.05, 3.63) is 17.5 Å². The molecule has 1 unspecified atom stereocenters. The lowest BCUT2D eigenvalue weighted by atomic mass is 9.84. The Labute approximate surface area is 100 Å². The topological polar surface area (TPSA) is 41.1 Å². The standard InChI is InChI=1S/C11H15ClN4/c12-10-11(14-4-3-13-10)15-9-7-16-5-1-8(9)2-6-16/h3-4,8-9H,1-2,5-7H2,(H,14,15). The Morgan fingerprint density at radius 3 is 2.62 bits per heavy atom. The Bertz CT molecular complexity index is 376. The highest BCUT2D eigenvalue weighted by atomic mass is 35.5. The number of hydrogen-bond donors (Lipinski definition) is 1. The molecule has 4 rings (SSSR count). The van der Waals surface area contributed by atoms with Gasteiger partial charge in [0.05, 0.1) is 0 Å². The van der Waals surface area contributed by atoms with Crippen molar-refractivity contribution in [2.24, 2.45) is 5.92 Å². The monoisotopic (exact) mass is 238 g/mol. The molecule has 3 aliphatic heterocycles. The van der Waals surface area contributed by atoms with Crippen LogP contribution in [0.25, 0.3) is 0 Å². The molecule has 1 N–H and O–H groups in total. The van der Waals surface area contributed by atoms with E-state index in [2.05, 4.69) is 20.2 Å². The van der Waals surface area contributed by atoms with Crippen molar-refractivity contribution in [3.63, 3.8) is 0 Å². The minimum atomic E-state index is 0.471. The van der Waals surface area contributed by atoms with Crippen LogP contribution < -0.4 is 5.32 Å². The summed E-state index contributed by atoms with van der Waals surface area (Å²) in [5, 5.41) is 3.90. The highest BCUT2D eigenvalue weighted by Gasteiger charge is 2.34. The summed E-state index contributed by atoms with van der Waals surface area (Å²) in [6.07, 6.45) is 5.87. The fraction of sp³-hybridized carbons (Fsp3) is 0.636. The molecule has 86 valence electrons. The molecule has 16 heavy (non-hydrogen) atoms. The van der Waals surface area contributed by atoms with Crippen molar-refractivity contribution in [1.29, 1.82) is 0 Å². The van der Waals surface area contributed by atoms with Crippen LogP contribution in [0.2, 0.25) is 5.15 Å². The number of piperidine rings is 3. The summed E-state index contributed by atoms with van der Waals surface area (Å²) in [6.45, 7) is 3.60. The lowest BCUT2D eigenvalue weighted by Gasteiger charge is -2.45. The van der Waals surface area contributed by atoms with E-state index in [9.17, 15) is 0 Å². The molecular weight excluding hydrogens is 224 g/mol. The van der Waals surface area contributed by atoms with E-state index in [0.717, 1.165) is 18.3 Å². The third-order valence-electron chi connectivity index (χ3n) is 3.63. The zero-order chi connectivity index (χ0) is 11.0. The van der Waals surface area contributed by atoms with Gasteiger partial charge in [0.1, 0.15) is 0 Å². The molecule has 5 heteroatoms. The summed E-state index contributed by atoms with van der Waals surface area (Å²) in [4.78, 5) is 10.8. The van der Waals surface area contributed by atoms with Gasteiger partial charge in [-0.2, -0.15) is 0 Å². The number of rotatable bonds is 2. The Kier molecular flexibility index (Phi) is 2.69. The highest BCUT2D eigenvalue weighted by Crippen LogP contribution is 2.30. The van der Waals surface area contributed by atoms with Gasteiger partial charge < -0.3 is 10.2 Å².